The summed E-state index contributed by atoms with van der Waals surface area (Å²) in [5.41, 5.74) is 1.22. The summed E-state index contributed by atoms with van der Waals surface area (Å²) in [4.78, 5) is 5.62. The Hall–Kier alpha value is -1.19. The summed E-state index contributed by atoms with van der Waals surface area (Å²) < 4.78 is 0. The van der Waals surface area contributed by atoms with Crippen LogP contribution in [-0.2, 0) is 5.75 Å². The summed E-state index contributed by atoms with van der Waals surface area (Å²) in [6.45, 7) is 3.11. The Morgan fingerprint density at radius 1 is 1.16 bits per heavy atom. The van der Waals surface area contributed by atoms with Gasteiger partial charge in [-0.2, -0.15) is 0 Å². The zero-order chi connectivity index (χ0) is 13.5. The van der Waals surface area contributed by atoms with E-state index in [1.165, 1.54) is 10.5 Å². The van der Waals surface area contributed by atoms with Gasteiger partial charge in [0, 0.05) is 28.4 Å². The Bertz CT molecular complexity index is 497. The first-order chi connectivity index (χ1) is 9.28. The number of rotatable bonds is 6. The van der Waals surface area contributed by atoms with Crippen LogP contribution in [0.2, 0.25) is 5.02 Å². The fourth-order valence-corrected chi connectivity index (χ4v) is 2.52. The molecule has 0 amide bonds. The Morgan fingerprint density at radius 2 is 1.95 bits per heavy atom. The van der Waals surface area contributed by atoms with E-state index >= 15 is 0 Å². The molecule has 1 aromatic carbocycles. The smallest absolute Gasteiger partial charge is 0.125 e. The van der Waals surface area contributed by atoms with Crippen LogP contribution in [0.15, 0.2) is 47.5 Å². The molecule has 1 aromatic heterocycles. The second-order valence-corrected chi connectivity index (χ2v) is 5.71. The van der Waals surface area contributed by atoms with Crippen molar-refractivity contribution in [3.63, 3.8) is 0 Å². The zero-order valence-electron chi connectivity index (χ0n) is 10.9. The Morgan fingerprint density at radius 3 is 2.58 bits per heavy atom. The molecule has 0 aliphatic rings. The lowest BCUT2D eigenvalue weighted by atomic mass is 10.3. The van der Waals surface area contributed by atoms with Crippen LogP contribution in [0.25, 0.3) is 0 Å². The molecule has 0 saturated heterocycles. The van der Waals surface area contributed by atoms with Crippen molar-refractivity contribution in [2.45, 2.75) is 24.0 Å². The van der Waals surface area contributed by atoms with E-state index in [9.17, 15) is 0 Å². The van der Waals surface area contributed by atoms with E-state index in [-0.39, 0.29) is 0 Å². The molecule has 19 heavy (non-hydrogen) atoms. The molecule has 2 nitrogen and oxygen atoms in total. The number of halogens is 1. The van der Waals surface area contributed by atoms with Crippen molar-refractivity contribution in [3.8, 4) is 0 Å². The summed E-state index contributed by atoms with van der Waals surface area (Å²) >= 11 is 7.65. The molecular formula is C15H17ClN2S. The predicted molar refractivity (Wildman–Crippen MR) is 84.0 cm³/mol. The van der Waals surface area contributed by atoms with E-state index in [0.717, 1.165) is 29.6 Å². The maximum Gasteiger partial charge on any atom is 0.125 e. The van der Waals surface area contributed by atoms with Gasteiger partial charge in [-0.15, -0.1) is 11.8 Å². The first-order valence-electron chi connectivity index (χ1n) is 6.35. The lowest BCUT2D eigenvalue weighted by molar-refractivity contribution is 0.968. The van der Waals surface area contributed by atoms with Crippen molar-refractivity contribution >= 4 is 29.2 Å². The molecule has 2 aromatic rings. The van der Waals surface area contributed by atoms with Crippen molar-refractivity contribution < 1.29 is 0 Å². The number of hydrogen-bond donors (Lipinski definition) is 1. The van der Waals surface area contributed by atoms with Crippen LogP contribution in [0.5, 0.6) is 0 Å². The number of nitrogens with one attached hydrogen (secondary N) is 1. The minimum Gasteiger partial charge on any atom is -0.370 e. The van der Waals surface area contributed by atoms with E-state index in [1.54, 1.807) is 11.8 Å². The van der Waals surface area contributed by atoms with E-state index < -0.39 is 0 Å². The minimum absolute atomic E-state index is 0.775. The van der Waals surface area contributed by atoms with Crippen LogP contribution in [0.3, 0.4) is 0 Å². The van der Waals surface area contributed by atoms with Gasteiger partial charge in [-0.25, -0.2) is 4.98 Å². The van der Waals surface area contributed by atoms with Crippen molar-refractivity contribution in [1.29, 1.82) is 0 Å². The van der Waals surface area contributed by atoms with Gasteiger partial charge in [0.25, 0.3) is 0 Å². The van der Waals surface area contributed by atoms with Gasteiger partial charge in [-0.3, -0.25) is 0 Å². The van der Waals surface area contributed by atoms with E-state index in [2.05, 4.69) is 23.3 Å². The molecule has 0 unspecified atom stereocenters. The largest absolute Gasteiger partial charge is 0.370 e. The average Bonchev–Trinajstić information content (AvgIpc) is 2.46. The van der Waals surface area contributed by atoms with Gasteiger partial charge in [-0.05, 0) is 42.3 Å². The number of thioether (sulfide) groups is 1. The maximum absolute atomic E-state index is 5.86. The van der Waals surface area contributed by atoms with Crippen molar-refractivity contribution in [2.24, 2.45) is 0 Å². The fourth-order valence-electron chi connectivity index (χ4n) is 1.57. The highest BCUT2D eigenvalue weighted by molar-refractivity contribution is 7.98. The number of hydrogen-bond acceptors (Lipinski definition) is 3. The first-order valence-corrected chi connectivity index (χ1v) is 7.71. The molecule has 0 aliphatic heterocycles. The standard InChI is InChI=1S/C15H17ClN2S/c1-2-9-17-15-8-3-12(10-18-15)11-19-14-6-4-13(16)5-7-14/h3-8,10H,2,9,11H2,1H3,(H,17,18). The highest BCUT2D eigenvalue weighted by Crippen LogP contribution is 2.24. The van der Waals surface area contributed by atoms with Crippen LogP contribution in [-0.4, -0.2) is 11.5 Å². The summed E-state index contributed by atoms with van der Waals surface area (Å²) in [7, 11) is 0. The monoisotopic (exact) mass is 292 g/mol. The van der Waals surface area contributed by atoms with Gasteiger partial charge < -0.3 is 5.32 Å². The molecule has 0 saturated carbocycles. The molecule has 2 rings (SSSR count). The highest BCUT2D eigenvalue weighted by atomic mass is 35.5. The second kappa shape index (κ2) is 7.41. The Labute approximate surface area is 123 Å². The van der Waals surface area contributed by atoms with Gasteiger partial charge in [-0.1, -0.05) is 24.6 Å². The molecule has 0 aliphatic carbocycles. The van der Waals surface area contributed by atoms with E-state index in [0.29, 0.717) is 0 Å². The lowest BCUT2D eigenvalue weighted by Crippen LogP contribution is -2.01. The molecule has 100 valence electrons. The summed E-state index contributed by atoms with van der Waals surface area (Å²) in [6, 6.07) is 12.1. The van der Waals surface area contributed by atoms with Gasteiger partial charge >= 0.3 is 0 Å². The van der Waals surface area contributed by atoms with E-state index in [4.69, 9.17) is 11.6 Å². The summed E-state index contributed by atoms with van der Waals surface area (Å²) in [5, 5.41) is 4.04. The lowest BCUT2D eigenvalue weighted by Gasteiger charge is -2.05. The Balaban J connectivity index is 1.87. The molecule has 1 heterocycles. The first kappa shape index (κ1) is 14.2. The Kier molecular flexibility index (Phi) is 5.55. The topological polar surface area (TPSA) is 24.9 Å². The molecular weight excluding hydrogens is 276 g/mol. The number of nitrogens with zero attached hydrogens (tertiary/aromatic N) is 1. The number of pyridine rings is 1. The predicted octanol–water partition coefficient (Wildman–Crippen LogP) is 4.85. The van der Waals surface area contributed by atoms with Crippen molar-refractivity contribution in [1.82, 2.24) is 4.98 Å². The second-order valence-electron chi connectivity index (χ2n) is 4.22. The minimum atomic E-state index is 0.775. The number of aromatic nitrogens is 1. The molecule has 0 fully saturated rings. The maximum atomic E-state index is 5.86. The van der Waals surface area contributed by atoms with Crippen molar-refractivity contribution in [3.05, 3.63) is 53.2 Å². The molecule has 4 heteroatoms. The summed E-state index contributed by atoms with van der Waals surface area (Å²) in [6.07, 6.45) is 3.04. The fraction of sp³-hybridized carbons (Fsp3) is 0.267. The molecule has 1 N–H and O–H groups in total. The number of anilines is 1. The molecule has 0 bridgehead atoms. The third-order valence-corrected chi connectivity index (χ3v) is 3.94. The molecule has 0 spiro atoms. The van der Waals surface area contributed by atoms with Gasteiger partial charge in [0.2, 0.25) is 0 Å². The zero-order valence-corrected chi connectivity index (χ0v) is 12.5. The van der Waals surface area contributed by atoms with Crippen molar-refractivity contribution in [2.75, 3.05) is 11.9 Å². The van der Waals surface area contributed by atoms with Crippen LogP contribution >= 0.6 is 23.4 Å². The van der Waals surface area contributed by atoms with Gasteiger partial charge in [0.15, 0.2) is 0 Å². The molecule has 0 atom stereocenters. The van der Waals surface area contributed by atoms with Crippen LogP contribution in [0.1, 0.15) is 18.9 Å². The SMILES string of the molecule is CCCNc1ccc(CSc2ccc(Cl)cc2)cn1. The van der Waals surface area contributed by atoms with Crippen LogP contribution in [0, 0.1) is 0 Å². The van der Waals surface area contributed by atoms with Gasteiger partial charge in [0.1, 0.15) is 5.82 Å². The van der Waals surface area contributed by atoms with Gasteiger partial charge in [0.05, 0.1) is 0 Å². The number of benzene rings is 1. The highest BCUT2D eigenvalue weighted by Gasteiger charge is 1.98. The summed E-state index contributed by atoms with van der Waals surface area (Å²) in [5.74, 6) is 1.87. The normalized spacial score (nSPS) is 10.4. The van der Waals surface area contributed by atoms with Crippen LogP contribution < -0.4 is 5.32 Å². The van der Waals surface area contributed by atoms with Crippen LogP contribution in [0.4, 0.5) is 5.82 Å². The quantitative estimate of drug-likeness (QED) is 0.771. The average molecular weight is 293 g/mol. The third kappa shape index (κ3) is 4.77. The third-order valence-electron chi connectivity index (χ3n) is 2.60. The van der Waals surface area contributed by atoms with E-state index in [1.807, 2.05) is 36.5 Å². The molecule has 0 radical (unpaired) electrons.